The summed E-state index contributed by atoms with van der Waals surface area (Å²) in [7, 11) is 0. The Labute approximate surface area is 362 Å². The van der Waals surface area contributed by atoms with E-state index in [1.54, 1.807) is 17.8 Å². The molecule has 2 heterocycles. The van der Waals surface area contributed by atoms with E-state index in [9.17, 15) is 29.1 Å². The number of carboxylic acids is 1. The van der Waals surface area contributed by atoms with Gasteiger partial charge in [-0.2, -0.15) is 0 Å². The Morgan fingerprint density at radius 2 is 1.72 bits per heavy atom. The van der Waals surface area contributed by atoms with E-state index in [0.29, 0.717) is 85.1 Å². The van der Waals surface area contributed by atoms with Crippen molar-refractivity contribution in [1.82, 2.24) is 25.8 Å². The number of piperazine rings is 1. The molecule has 2 fully saturated rings. The van der Waals surface area contributed by atoms with E-state index < -0.39 is 23.8 Å². The summed E-state index contributed by atoms with van der Waals surface area (Å²) in [4.78, 5) is 67.8. The summed E-state index contributed by atoms with van der Waals surface area (Å²) >= 11 is 3.87. The number of carbonyl (C=O) groups excluding carboxylic acids is 4. The third-order valence-electron chi connectivity index (χ3n) is 11.4. The number of allylic oxidation sites excluding steroid dienone is 4. The van der Waals surface area contributed by atoms with Gasteiger partial charge >= 0.3 is 12.0 Å². The van der Waals surface area contributed by atoms with Crippen molar-refractivity contribution in [2.24, 2.45) is 11.8 Å². The summed E-state index contributed by atoms with van der Waals surface area (Å²) in [5.74, 6) is -1.29. The summed E-state index contributed by atoms with van der Waals surface area (Å²) < 4.78 is 10.8. The molecular formula is C44H62N6O8S2. The number of nitrogen functional groups attached to an aromatic ring is 1. The Kier molecular flexibility index (Phi) is 18.6. The highest BCUT2D eigenvalue weighted by molar-refractivity contribution is 8.02. The topological polar surface area (TPSA) is 193 Å². The minimum atomic E-state index is -1.13. The number of aryl methyl sites for hydroxylation is 2. The molecule has 4 aliphatic rings. The maximum Gasteiger partial charge on any atom is 0.326 e. The molecule has 0 saturated carbocycles. The number of Topliss-reactive ketones (excluding diaryl/α,β-unsaturated/α-hetero) is 1. The molecule has 2 saturated heterocycles. The van der Waals surface area contributed by atoms with Gasteiger partial charge < -0.3 is 41.2 Å². The molecule has 0 radical (unpaired) electrons. The second kappa shape index (κ2) is 23.8. The second-order valence-corrected chi connectivity index (χ2v) is 18.0. The predicted molar refractivity (Wildman–Crippen MR) is 238 cm³/mol. The van der Waals surface area contributed by atoms with Crippen LogP contribution in [0.1, 0.15) is 60.0 Å². The zero-order chi connectivity index (χ0) is 43.0. The monoisotopic (exact) mass is 866 g/mol. The van der Waals surface area contributed by atoms with Crippen LogP contribution in [-0.4, -0.2) is 139 Å². The molecule has 4 amide bonds. The standard InChI is InChI=1S/C44H62N6O8S2/c1-29-23-30(2)41(45)35(24-29)42(53)47-27-32(51)10-8-20-57-21-22-58-28-40(52)48-36(43(54)55)11-6-7-15-46-44(56)50-18-16-49(17-19-50)37-25-31-9-4-5-12-38(31)60-39-14-13-33(59-3)26-34(37)39/h4-5,9,12-14,23-24,26,31,34,36-39H,6-8,10-11,15-22,25,27-28,45H2,1-3H3,(H,46,56)(H,47,53)(H,48,52)(H,54,55). The zero-order valence-corrected chi connectivity index (χ0v) is 36.7. The zero-order valence-electron chi connectivity index (χ0n) is 35.1. The Balaban J connectivity index is 0.896. The van der Waals surface area contributed by atoms with Crippen molar-refractivity contribution in [3.63, 3.8) is 0 Å². The van der Waals surface area contributed by atoms with Crippen molar-refractivity contribution in [2.45, 2.75) is 75.0 Å². The number of fused-ring (bicyclic) bond motifs is 2. The van der Waals surface area contributed by atoms with Gasteiger partial charge in [0.05, 0.1) is 25.3 Å². The van der Waals surface area contributed by atoms with Crippen LogP contribution in [0.3, 0.4) is 0 Å². The van der Waals surface area contributed by atoms with Crippen molar-refractivity contribution >= 4 is 58.8 Å². The number of ether oxygens (including phenoxy) is 2. The lowest BCUT2D eigenvalue weighted by Crippen LogP contribution is -2.56. The largest absolute Gasteiger partial charge is 0.480 e. The lowest BCUT2D eigenvalue weighted by molar-refractivity contribution is -0.142. The van der Waals surface area contributed by atoms with Crippen LogP contribution < -0.4 is 21.7 Å². The first-order chi connectivity index (χ1) is 28.9. The van der Waals surface area contributed by atoms with E-state index in [1.165, 1.54) is 4.91 Å². The minimum absolute atomic E-state index is 0.104. The van der Waals surface area contributed by atoms with Gasteiger partial charge in [-0.15, -0.1) is 23.5 Å². The number of carbonyl (C=O) groups is 5. The normalized spacial score (nSPS) is 22.8. The van der Waals surface area contributed by atoms with Crippen LogP contribution in [-0.2, 0) is 23.9 Å². The molecule has 0 spiro atoms. The van der Waals surface area contributed by atoms with Gasteiger partial charge in [0.1, 0.15) is 12.6 Å². The molecule has 6 N–H and O–H groups in total. The lowest BCUT2D eigenvalue weighted by atomic mass is 9.83. The number of thioether (sulfide) groups is 2. The number of rotatable bonds is 21. The van der Waals surface area contributed by atoms with Gasteiger partial charge in [-0.1, -0.05) is 48.6 Å². The van der Waals surface area contributed by atoms with Crippen LogP contribution in [0, 0.1) is 25.7 Å². The number of anilines is 1. The van der Waals surface area contributed by atoms with Gasteiger partial charge in [0.2, 0.25) is 5.91 Å². The molecular weight excluding hydrogens is 805 g/mol. The summed E-state index contributed by atoms with van der Waals surface area (Å²) in [6.45, 7) is 7.25. The second-order valence-electron chi connectivity index (χ2n) is 15.8. The Hall–Kier alpha value is -4.09. The quantitative estimate of drug-likeness (QED) is 0.0862. The molecule has 0 bridgehead atoms. The van der Waals surface area contributed by atoms with E-state index in [2.05, 4.69) is 81.4 Å². The number of nitrogens with zero attached hydrogens (tertiary/aromatic N) is 2. The number of ketones is 1. The number of unbranched alkanes of at least 4 members (excludes halogenated alkanes) is 1. The number of nitrogens with two attached hydrogens (primary N) is 1. The smallest absolute Gasteiger partial charge is 0.326 e. The third-order valence-corrected chi connectivity index (χ3v) is 13.7. The number of hydrogen-bond acceptors (Lipinski definition) is 11. The molecule has 16 heteroatoms. The fourth-order valence-electron chi connectivity index (χ4n) is 8.08. The number of aliphatic carboxylic acids is 1. The maximum atomic E-state index is 13.1. The number of carboxylic acid groups (broad SMARTS) is 1. The first-order valence-corrected chi connectivity index (χ1v) is 23.2. The Morgan fingerprint density at radius 3 is 2.48 bits per heavy atom. The van der Waals surface area contributed by atoms with Crippen molar-refractivity contribution in [2.75, 3.05) is 77.7 Å². The summed E-state index contributed by atoms with van der Waals surface area (Å²) in [5, 5.41) is 18.7. The van der Waals surface area contributed by atoms with Gasteiger partial charge in [0.15, 0.2) is 5.78 Å². The molecule has 60 heavy (non-hydrogen) atoms. The number of amides is 4. The van der Waals surface area contributed by atoms with Gasteiger partial charge in [-0.05, 0) is 75.3 Å². The highest BCUT2D eigenvalue weighted by Gasteiger charge is 2.41. The highest BCUT2D eigenvalue weighted by Crippen LogP contribution is 2.45. The minimum Gasteiger partial charge on any atom is -0.480 e. The molecule has 1 aromatic carbocycles. The molecule has 0 aromatic heterocycles. The average molecular weight is 867 g/mol. The summed E-state index contributed by atoms with van der Waals surface area (Å²) in [6.07, 6.45) is 21.4. The highest BCUT2D eigenvalue weighted by atomic mass is 32.2. The molecule has 1 aromatic rings. The van der Waals surface area contributed by atoms with E-state index in [0.717, 1.165) is 30.6 Å². The van der Waals surface area contributed by atoms with Crippen LogP contribution in [0.15, 0.2) is 59.6 Å². The van der Waals surface area contributed by atoms with Gasteiger partial charge in [0.25, 0.3) is 5.91 Å². The van der Waals surface area contributed by atoms with Crippen LogP contribution in [0.5, 0.6) is 0 Å². The summed E-state index contributed by atoms with van der Waals surface area (Å²) in [6, 6.07) is 2.81. The fraction of sp³-hybridized carbons (Fsp3) is 0.568. The maximum absolute atomic E-state index is 13.1. The van der Waals surface area contributed by atoms with Gasteiger partial charge in [-0.3, -0.25) is 19.3 Å². The molecule has 6 unspecified atom stereocenters. The van der Waals surface area contributed by atoms with Crippen molar-refractivity contribution in [3.05, 3.63) is 76.3 Å². The third kappa shape index (κ3) is 14.0. The Bertz CT molecular complexity index is 1790. The first-order valence-electron chi connectivity index (χ1n) is 21.0. The first kappa shape index (κ1) is 47.0. The summed E-state index contributed by atoms with van der Waals surface area (Å²) in [5.41, 5.74) is 8.47. The van der Waals surface area contributed by atoms with Crippen molar-refractivity contribution in [1.29, 1.82) is 0 Å². The molecule has 6 atom stereocenters. The number of hydrogen-bond donors (Lipinski definition) is 5. The van der Waals surface area contributed by atoms with Gasteiger partial charge in [-0.25, -0.2) is 9.59 Å². The number of nitrogens with one attached hydrogen (secondary N) is 3. The molecule has 328 valence electrons. The van der Waals surface area contributed by atoms with Crippen molar-refractivity contribution < 1.29 is 38.6 Å². The lowest BCUT2D eigenvalue weighted by Gasteiger charge is -2.43. The van der Waals surface area contributed by atoms with E-state index in [-0.39, 0.29) is 51.0 Å². The Morgan fingerprint density at radius 1 is 0.950 bits per heavy atom. The van der Waals surface area contributed by atoms with Crippen LogP contribution in [0.2, 0.25) is 0 Å². The number of benzene rings is 1. The SMILES string of the molecule is CSC1=CC2C(C=C1)SC1C=CC=CC1CC2N1CCN(C(=O)NCCCCC(NC(=O)COCCOCCCC(=O)CNC(=O)c2cc(C)cc(C)c2N)C(=O)O)CC1. The fourth-order valence-corrected chi connectivity index (χ4v) is 10.1. The van der Waals surface area contributed by atoms with E-state index in [1.807, 2.05) is 24.8 Å². The van der Waals surface area contributed by atoms with Crippen molar-refractivity contribution in [3.8, 4) is 0 Å². The van der Waals surface area contributed by atoms with E-state index >= 15 is 0 Å². The van der Waals surface area contributed by atoms with Gasteiger partial charge in [0, 0.05) is 78.8 Å². The molecule has 2 aliphatic carbocycles. The van der Waals surface area contributed by atoms with Crippen LogP contribution in [0.4, 0.5) is 10.5 Å². The molecule has 14 nitrogen and oxygen atoms in total. The molecule has 5 rings (SSSR count). The number of urea groups is 1. The predicted octanol–water partition coefficient (Wildman–Crippen LogP) is 4.48. The van der Waals surface area contributed by atoms with Crippen LogP contribution in [0.25, 0.3) is 0 Å². The average Bonchev–Trinajstić information content (AvgIpc) is 3.40. The van der Waals surface area contributed by atoms with Crippen LogP contribution >= 0.6 is 23.5 Å². The molecule has 2 aliphatic heterocycles. The van der Waals surface area contributed by atoms with E-state index in [4.69, 9.17) is 15.2 Å².